The molecule has 1 aromatic heterocycles. The average molecular weight is 329 g/mol. The van der Waals surface area contributed by atoms with Gasteiger partial charge in [0.15, 0.2) is 0 Å². The number of nitrogens with two attached hydrogens (primary N) is 2. The summed E-state index contributed by atoms with van der Waals surface area (Å²) in [6.07, 6.45) is 1.90. The van der Waals surface area contributed by atoms with Crippen LogP contribution >= 0.6 is 0 Å². The van der Waals surface area contributed by atoms with Gasteiger partial charge in [-0.25, -0.2) is 4.79 Å². The number of nitrogen functional groups attached to an aromatic ring is 1. The zero-order chi connectivity index (χ0) is 17.3. The predicted octanol–water partition coefficient (Wildman–Crippen LogP) is 0.105. The van der Waals surface area contributed by atoms with Crippen LogP contribution in [0.2, 0.25) is 0 Å². The summed E-state index contributed by atoms with van der Waals surface area (Å²) in [6, 6.07) is 8.99. The molecule has 1 fully saturated rings. The van der Waals surface area contributed by atoms with Crippen LogP contribution < -0.4 is 27.6 Å². The van der Waals surface area contributed by atoms with Crippen LogP contribution in [-0.4, -0.2) is 28.3 Å². The van der Waals surface area contributed by atoms with Gasteiger partial charge in [0.05, 0.1) is 6.54 Å². The second-order valence-corrected chi connectivity index (χ2v) is 6.32. The van der Waals surface area contributed by atoms with Gasteiger partial charge in [0.1, 0.15) is 5.82 Å². The van der Waals surface area contributed by atoms with Crippen molar-refractivity contribution in [1.29, 1.82) is 0 Å². The molecule has 0 saturated carbocycles. The molecule has 1 atom stereocenters. The van der Waals surface area contributed by atoms with Gasteiger partial charge in [-0.05, 0) is 24.5 Å². The molecule has 0 spiro atoms. The molecule has 1 saturated heterocycles. The fourth-order valence-electron chi connectivity index (χ4n) is 3.14. The van der Waals surface area contributed by atoms with Gasteiger partial charge in [-0.15, -0.1) is 0 Å². The first-order chi connectivity index (χ1) is 11.5. The second-order valence-electron chi connectivity index (χ2n) is 6.32. The summed E-state index contributed by atoms with van der Waals surface area (Å²) >= 11 is 0. The summed E-state index contributed by atoms with van der Waals surface area (Å²) < 4.78 is 2.72. The van der Waals surface area contributed by atoms with E-state index in [-0.39, 0.29) is 17.3 Å². The summed E-state index contributed by atoms with van der Waals surface area (Å²) in [5.41, 5.74) is 12.9. The predicted molar refractivity (Wildman–Crippen MR) is 95.3 cm³/mol. The molecule has 0 amide bonds. The average Bonchev–Trinajstić information content (AvgIpc) is 2.57. The Morgan fingerprint density at radius 1 is 1.25 bits per heavy atom. The fraction of sp³-hybridized carbons (Fsp3) is 0.412. The molecule has 7 heteroatoms. The molecule has 0 radical (unpaired) electrons. The van der Waals surface area contributed by atoms with Crippen LogP contribution in [0.15, 0.2) is 39.9 Å². The molecule has 0 bridgehead atoms. The Bertz CT molecular complexity index is 855. The molecule has 1 unspecified atom stereocenters. The van der Waals surface area contributed by atoms with Gasteiger partial charge in [-0.3, -0.25) is 13.9 Å². The molecule has 0 aliphatic carbocycles. The molecule has 1 aliphatic rings. The van der Waals surface area contributed by atoms with Crippen molar-refractivity contribution >= 4 is 11.5 Å². The Labute approximate surface area is 140 Å². The van der Waals surface area contributed by atoms with Gasteiger partial charge in [-0.1, -0.05) is 18.2 Å². The van der Waals surface area contributed by atoms with Crippen molar-refractivity contribution in [3.05, 3.63) is 56.7 Å². The lowest BCUT2D eigenvalue weighted by Crippen LogP contribution is -2.47. The normalized spacial score (nSPS) is 17.9. The highest BCUT2D eigenvalue weighted by Crippen LogP contribution is 2.19. The van der Waals surface area contributed by atoms with E-state index in [2.05, 4.69) is 0 Å². The maximum absolute atomic E-state index is 12.7. The lowest BCUT2D eigenvalue weighted by Gasteiger charge is -2.34. The summed E-state index contributed by atoms with van der Waals surface area (Å²) in [5.74, 6) is 0.613. The van der Waals surface area contributed by atoms with E-state index in [1.807, 2.05) is 23.1 Å². The smallest absolute Gasteiger partial charge is 0.332 e. The van der Waals surface area contributed by atoms with Crippen LogP contribution in [0.5, 0.6) is 0 Å². The van der Waals surface area contributed by atoms with Gasteiger partial charge < -0.3 is 16.4 Å². The lowest BCUT2D eigenvalue weighted by molar-refractivity contribution is 0.491. The third kappa shape index (κ3) is 3.07. The summed E-state index contributed by atoms with van der Waals surface area (Å²) in [6.45, 7) is 1.74. The van der Waals surface area contributed by atoms with Crippen molar-refractivity contribution in [2.45, 2.75) is 25.4 Å². The maximum Gasteiger partial charge on any atom is 0.332 e. The number of hydrogen-bond donors (Lipinski definition) is 2. The van der Waals surface area contributed by atoms with Crippen molar-refractivity contribution in [3.8, 4) is 0 Å². The number of aromatic nitrogens is 2. The van der Waals surface area contributed by atoms with Crippen LogP contribution in [0.1, 0.15) is 18.4 Å². The second kappa shape index (κ2) is 6.52. The first-order valence-electron chi connectivity index (χ1n) is 8.12. The van der Waals surface area contributed by atoms with E-state index in [1.165, 1.54) is 13.1 Å². The SMILES string of the molecule is Cn1c(=O)cc(N2CCCC(N)C2)n(Cc2ccccc2N)c1=O. The minimum atomic E-state index is -0.347. The van der Waals surface area contributed by atoms with Crippen LogP contribution in [0.4, 0.5) is 11.5 Å². The van der Waals surface area contributed by atoms with E-state index < -0.39 is 0 Å². The van der Waals surface area contributed by atoms with Crippen LogP contribution in [0, 0.1) is 0 Å². The van der Waals surface area contributed by atoms with E-state index in [0.29, 0.717) is 24.6 Å². The molecule has 1 aliphatic heterocycles. The minimum Gasteiger partial charge on any atom is -0.398 e. The molecular formula is C17H23N5O2. The van der Waals surface area contributed by atoms with Gasteiger partial charge in [0, 0.05) is 37.9 Å². The van der Waals surface area contributed by atoms with Crippen LogP contribution in [-0.2, 0) is 13.6 Å². The number of hydrogen-bond acceptors (Lipinski definition) is 5. The van der Waals surface area contributed by atoms with Gasteiger partial charge in [-0.2, -0.15) is 0 Å². The highest BCUT2D eigenvalue weighted by Gasteiger charge is 2.21. The van der Waals surface area contributed by atoms with E-state index >= 15 is 0 Å². The highest BCUT2D eigenvalue weighted by atomic mass is 16.2. The van der Waals surface area contributed by atoms with Crippen molar-refractivity contribution in [2.24, 2.45) is 12.8 Å². The van der Waals surface area contributed by atoms with Crippen molar-refractivity contribution in [2.75, 3.05) is 23.7 Å². The summed E-state index contributed by atoms with van der Waals surface area (Å²) in [5, 5.41) is 0. The zero-order valence-electron chi connectivity index (χ0n) is 13.8. The number of nitrogens with zero attached hydrogens (tertiary/aromatic N) is 3. The molecule has 2 aromatic rings. The minimum absolute atomic E-state index is 0.0492. The van der Waals surface area contributed by atoms with Crippen molar-refractivity contribution in [1.82, 2.24) is 9.13 Å². The molecule has 24 heavy (non-hydrogen) atoms. The van der Waals surface area contributed by atoms with Gasteiger partial charge >= 0.3 is 5.69 Å². The van der Waals surface area contributed by atoms with Gasteiger partial charge in [0.25, 0.3) is 5.56 Å². The lowest BCUT2D eigenvalue weighted by atomic mass is 10.1. The molecule has 2 heterocycles. The van der Waals surface area contributed by atoms with Crippen LogP contribution in [0.3, 0.4) is 0 Å². The molecule has 1 aromatic carbocycles. The van der Waals surface area contributed by atoms with Gasteiger partial charge in [0.2, 0.25) is 0 Å². The topological polar surface area (TPSA) is 99.3 Å². The number of benzene rings is 1. The monoisotopic (exact) mass is 329 g/mol. The molecule has 128 valence electrons. The number of anilines is 2. The Hall–Kier alpha value is -2.54. The highest BCUT2D eigenvalue weighted by molar-refractivity contribution is 5.48. The standard InChI is InChI=1S/C17H23N5O2/c1-20-16(23)9-15(21-8-4-6-13(18)11-21)22(17(20)24)10-12-5-2-3-7-14(12)19/h2-3,5,7,9,13H,4,6,8,10-11,18-19H2,1H3. The van der Waals surface area contributed by atoms with E-state index in [4.69, 9.17) is 11.5 Å². The van der Waals surface area contributed by atoms with Crippen molar-refractivity contribution in [3.63, 3.8) is 0 Å². The third-order valence-electron chi connectivity index (χ3n) is 4.54. The number of rotatable bonds is 3. The molecule has 4 N–H and O–H groups in total. The summed E-state index contributed by atoms with van der Waals surface area (Å²) in [4.78, 5) is 26.8. The molecule has 7 nitrogen and oxygen atoms in total. The maximum atomic E-state index is 12.7. The van der Waals surface area contributed by atoms with E-state index in [9.17, 15) is 9.59 Å². The van der Waals surface area contributed by atoms with Crippen molar-refractivity contribution < 1.29 is 0 Å². The van der Waals surface area contributed by atoms with E-state index in [1.54, 1.807) is 10.6 Å². The first kappa shape index (κ1) is 16.3. The zero-order valence-corrected chi connectivity index (χ0v) is 13.8. The quantitative estimate of drug-likeness (QED) is 0.779. The largest absolute Gasteiger partial charge is 0.398 e. The van der Waals surface area contributed by atoms with Crippen LogP contribution in [0.25, 0.3) is 0 Å². The Balaban J connectivity index is 2.09. The Morgan fingerprint density at radius 3 is 2.71 bits per heavy atom. The first-order valence-corrected chi connectivity index (χ1v) is 8.12. The molecular weight excluding hydrogens is 306 g/mol. The summed E-state index contributed by atoms with van der Waals surface area (Å²) in [7, 11) is 1.49. The number of piperidine rings is 1. The fourth-order valence-corrected chi connectivity index (χ4v) is 3.14. The molecule has 3 rings (SSSR count). The Morgan fingerprint density at radius 2 is 2.00 bits per heavy atom. The number of para-hydroxylation sites is 1. The Kier molecular flexibility index (Phi) is 4.44. The van der Waals surface area contributed by atoms with E-state index in [0.717, 1.165) is 29.5 Å². The third-order valence-corrected chi connectivity index (χ3v) is 4.54.